The maximum absolute atomic E-state index is 11.1. The van der Waals surface area contributed by atoms with Gasteiger partial charge in [0.25, 0.3) is 0 Å². The number of nitrogens with one attached hydrogen (secondary N) is 1. The zero-order chi connectivity index (χ0) is 12.3. The first-order valence-electron chi connectivity index (χ1n) is 4.95. The molecule has 1 heterocycles. The zero-order valence-corrected chi connectivity index (χ0v) is 12.7. The summed E-state index contributed by atoms with van der Waals surface area (Å²) < 4.78 is 23.3. The highest BCUT2D eigenvalue weighted by molar-refractivity contribution is 9.10. The van der Waals surface area contributed by atoms with Crippen LogP contribution in [0.15, 0.2) is 15.9 Å². The molecule has 0 spiro atoms. The van der Waals surface area contributed by atoms with E-state index in [2.05, 4.69) is 27.3 Å². The Labute approximate surface area is 109 Å². The van der Waals surface area contributed by atoms with Crippen LogP contribution in [0, 0.1) is 0 Å². The second kappa shape index (κ2) is 5.62. The summed E-state index contributed by atoms with van der Waals surface area (Å²) in [6, 6.07) is 2.19. The van der Waals surface area contributed by atoms with Crippen LogP contribution >= 0.6 is 27.3 Å². The van der Waals surface area contributed by atoms with Gasteiger partial charge in [-0.05, 0) is 35.8 Å². The van der Waals surface area contributed by atoms with Crippen molar-refractivity contribution in [2.75, 3.05) is 12.0 Å². The van der Waals surface area contributed by atoms with Crippen molar-refractivity contribution in [1.82, 2.24) is 5.32 Å². The maximum Gasteiger partial charge on any atom is 0.148 e. The summed E-state index contributed by atoms with van der Waals surface area (Å²) in [4.78, 5) is 1.20. The van der Waals surface area contributed by atoms with Crippen molar-refractivity contribution in [3.63, 3.8) is 0 Å². The summed E-state index contributed by atoms with van der Waals surface area (Å²) >= 11 is 5.06. The summed E-state index contributed by atoms with van der Waals surface area (Å²) in [5.41, 5.74) is 0. The zero-order valence-electron chi connectivity index (χ0n) is 9.53. The molecule has 1 N–H and O–H groups in total. The number of thiophene rings is 1. The Balaban J connectivity index is 2.55. The summed E-state index contributed by atoms with van der Waals surface area (Å²) in [6.07, 6.45) is 1.26. The van der Waals surface area contributed by atoms with Crippen molar-refractivity contribution >= 4 is 37.1 Å². The topological polar surface area (TPSA) is 46.2 Å². The van der Waals surface area contributed by atoms with Crippen molar-refractivity contribution in [2.24, 2.45) is 0 Å². The molecular weight excluding hydrogens is 310 g/mol. The smallest absolute Gasteiger partial charge is 0.148 e. The predicted molar refractivity (Wildman–Crippen MR) is 72.7 cm³/mol. The molecule has 2 atom stereocenters. The number of rotatable bonds is 5. The van der Waals surface area contributed by atoms with Gasteiger partial charge in [0.2, 0.25) is 0 Å². The lowest BCUT2D eigenvalue weighted by Gasteiger charge is -2.18. The van der Waals surface area contributed by atoms with E-state index in [-0.39, 0.29) is 17.8 Å². The first-order valence-corrected chi connectivity index (χ1v) is 8.69. The van der Waals surface area contributed by atoms with Crippen molar-refractivity contribution in [3.05, 3.63) is 20.8 Å². The average molecular weight is 326 g/mol. The quantitative estimate of drug-likeness (QED) is 0.905. The second-order valence-corrected chi connectivity index (χ2v) is 8.09. The molecule has 0 aliphatic heterocycles. The molecule has 1 rings (SSSR count). The fourth-order valence-electron chi connectivity index (χ4n) is 1.57. The van der Waals surface area contributed by atoms with Gasteiger partial charge in [-0.2, -0.15) is 0 Å². The van der Waals surface area contributed by atoms with Crippen LogP contribution in [-0.2, 0) is 9.84 Å². The molecule has 0 fully saturated rings. The molecule has 92 valence electrons. The molecule has 1 aromatic rings. The molecule has 16 heavy (non-hydrogen) atoms. The van der Waals surface area contributed by atoms with E-state index in [1.807, 2.05) is 19.2 Å². The SMILES string of the molecule is CC(CS(C)(=O)=O)NC(C)c1cc(Br)cs1. The van der Waals surface area contributed by atoms with Gasteiger partial charge < -0.3 is 5.32 Å². The molecule has 0 aromatic carbocycles. The molecule has 2 unspecified atom stereocenters. The molecule has 0 radical (unpaired) electrons. The van der Waals surface area contributed by atoms with E-state index in [0.717, 1.165) is 4.47 Å². The molecule has 3 nitrogen and oxygen atoms in total. The Bertz CT molecular complexity index is 441. The van der Waals surface area contributed by atoms with Crippen molar-refractivity contribution in [2.45, 2.75) is 25.9 Å². The van der Waals surface area contributed by atoms with Gasteiger partial charge in [-0.1, -0.05) is 0 Å². The summed E-state index contributed by atoms with van der Waals surface area (Å²) in [7, 11) is -2.91. The van der Waals surface area contributed by atoms with Crippen molar-refractivity contribution < 1.29 is 8.42 Å². The molecule has 0 amide bonds. The first-order chi connectivity index (χ1) is 7.28. The first kappa shape index (κ1) is 14.2. The Morgan fingerprint density at radius 3 is 2.56 bits per heavy atom. The molecule has 0 saturated heterocycles. The van der Waals surface area contributed by atoms with Gasteiger partial charge in [-0.15, -0.1) is 11.3 Å². The monoisotopic (exact) mass is 325 g/mol. The van der Waals surface area contributed by atoms with Crippen LogP contribution in [0.5, 0.6) is 0 Å². The number of hydrogen-bond donors (Lipinski definition) is 1. The highest BCUT2D eigenvalue weighted by atomic mass is 79.9. The van der Waals surface area contributed by atoms with Crippen molar-refractivity contribution in [1.29, 1.82) is 0 Å². The molecule has 0 aliphatic rings. The fraction of sp³-hybridized carbons (Fsp3) is 0.600. The predicted octanol–water partition coefficient (Wildman–Crippen LogP) is 2.59. The van der Waals surface area contributed by atoms with Crippen LogP contribution in [0.1, 0.15) is 24.8 Å². The lowest BCUT2D eigenvalue weighted by Crippen LogP contribution is -2.34. The van der Waals surface area contributed by atoms with Crippen LogP contribution in [0.4, 0.5) is 0 Å². The van der Waals surface area contributed by atoms with Crippen LogP contribution < -0.4 is 5.32 Å². The maximum atomic E-state index is 11.1. The van der Waals surface area contributed by atoms with E-state index < -0.39 is 9.84 Å². The molecule has 0 saturated carbocycles. The van der Waals surface area contributed by atoms with Gasteiger partial charge in [-0.25, -0.2) is 8.42 Å². The lowest BCUT2D eigenvalue weighted by atomic mass is 10.2. The number of halogens is 1. The fourth-order valence-corrected chi connectivity index (χ4v) is 4.03. The lowest BCUT2D eigenvalue weighted by molar-refractivity contribution is 0.505. The van der Waals surface area contributed by atoms with Gasteiger partial charge in [-0.3, -0.25) is 0 Å². The van der Waals surface area contributed by atoms with E-state index in [0.29, 0.717) is 0 Å². The summed E-state index contributed by atoms with van der Waals surface area (Å²) in [6.45, 7) is 3.93. The van der Waals surface area contributed by atoms with E-state index in [4.69, 9.17) is 0 Å². The minimum Gasteiger partial charge on any atom is -0.306 e. The molecule has 1 aromatic heterocycles. The van der Waals surface area contributed by atoms with Crippen LogP contribution in [0.2, 0.25) is 0 Å². The average Bonchev–Trinajstić information content (AvgIpc) is 2.47. The summed E-state index contributed by atoms with van der Waals surface area (Å²) in [5.74, 6) is 0.171. The van der Waals surface area contributed by atoms with E-state index >= 15 is 0 Å². The molecule has 0 bridgehead atoms. The van der Waals surface area contributed by atoms with Gasteiger partial charge in [0.1, 0.15) is 9.84 Å². The number of sulfone groups is 1. The van der Waals surface area contributed by atoms with E-state index in [9.17, 15) is 8.42 Å². The third-order valence-corrected chi connectivity index (χ3v) is 5.08. The van der Waals surface area contributed by atoms with Gasteiger partial charge >= 0.3 is 0 Å². The Kier molecular flexibility index (Phi) is 4.97. The highest BCUT2D eigenvalue weighted by Crippen LogP contribution is 2.25. The number of hydrogen-bond acceptors (Lipinski definition) is 4. The van der Waals surface area contributed by atoms with Gasteiger partial charge in [0.15, 0.2) is 0 Å². The summed E-state index contributed by atoms with van der Waals surface area (Å²) in [5, 5.41) is 5.30. The Morgan fingerprint density at radius 1 is 1.50 bits per heavy atom. The second-order valence-electron chi connectivity index (χ2n) is 4.05. The molecule has 0 aliphatic carbocycles. The van der Waals surface area contributed by atoms with Gasteiger partial charge in [0, 0.05) is 33.1 Å². The van der Waals surface area contributed by atoms with E-state index in [1.165, 1.54) is 11.1 Å². The van der Waals surface area contributed by atoms with Crippen LogP contribution in [0.25, 0.3) is 0 Å². The van der Waals surface area contributed by atoms with Crippen LogP contribution in [0.3, 0.4) is 0 Å². The van der Waals surface area contributed by atoms with E-state index in [1.54, 1.807) is 11.3 Å². The standard InChI is InChI=1S/C10H16BrNO2S2/c1-7(6-16(3,13)14)12-8(2)10-4-9(11)5-15-10/h4-5,7-8,12H,6H2,1-3H3. The Hall–Kier alpha value is 0.0900. The largest absolute Gasteiger partial charge is 0.306 e. The third kappa shape index (κ3) is 4.95. The molecule has 6 heteroatoms. The highest BCUT2D eigenvalue weighted by Gasteiger charge is 2.14. The molecular formula is C10H16BrNO2S2. The minimum atomic E-state index is -2.91. The third-order valence-electron chi connectivity index (χ3n) is 2.10. The Morgan fingerprint density at radius 2 is 2.12 bits per heavy atom. The van der Waals surface area contributed by atoms with Crippen molar-refractivity contribution in [3.8, 4) is 0 Å². The normalized spacial score (nSPS) is 16.0. The van der Waals surface area contributed by atoms with Crippen LogP contribution in [-0.4, -0.2) is 26.5 Å². The van der Waals surface area contributed by atoms with Gasteiger partial charge in [0.05, 0.1) is 5.75 Å². The minimum absolute atomic E-state index is 0.0362.